The maximum atomic E-state index is 14.4. The number of alkyl carbamates (subject to hydrolysis) is 1. The molecule has 4 heterocycles. The van der Waals surface area contributed by atoms with Gasteiger partial charge in [-0.2, -0.15) is 0 Å². The van der Waals surface area contributed by atoms with Crippen LogP contribution in [-0.4, -0.2) is 151 Å². The van der Waals surface area contributed by atoms with E-state index in [0.29, 0.717) is 11.3 Å². The topological polar surface area (TPSA) is 285 Å². The maximum Gasteiger partial charge on any atom is 0.416 e. The number of carbonyl (C=O) groups is 7. The van der Waals surface area contributed by atoms with Crippen LogP contribution in [-0.2, 0) is 25.7 Å². The third-order valence-corrected chi connectivity index (χ3v) is 13.3. The standard InChI is InChI=1S/C56H65N7O16/c1-9-13-34-22-41-52(68)62(55(71)72)39-26-45(43(74-7)24-37(39)50(66)60(41)28-34)76-20-12-21-77-46-27-40-38(25-44(46)75-8)51(67)61-29-35(14-10-2)23-42(61)53(69)63(40)56(73)79-30-33-15-17-36(18-16-33)58-48(64)32(6)57-49(65)47(31(4)5)59-54(70)78-19-11-3/h9-11,13-18,22-27,31-32,41-42,47,52-53,68-69H,3,12,19-21,28-30H2,1-2,4-8H3,(H,57,65)(H,58,64)(H,59,70)(H,71,72)/b13-9+,14-10+/t32-,41?,42-,47-,52?,53-/m0/s1. The molecular formula is C56H65N7O16. The number of hydrogen-bond donors (Lipinski definition) is 6. The molecule has 4 aliphatic heterocycles. The van der Waals surface area contributed by atoms with Gasteiger partial charge in [0, 0.05) is 37.3 Å². The van der Waals surface area contributed by atoms with Gasteiger partial charge in [0.05, 0.1) is 62.0 Å². The normalized spacial score (nSPS) is 19.2. The summed E-state index contributed by atoms with van der Waals surface area (Å²) >= 11 is 0. The van der Waals surface area contributed by atoms with Crippen LogP contribution in [0, 0.1) is 5.92 Å². The first kappa shape index (κ1) is 57.9. The number of nitrogens with one attached hydrogen (secondary N) is 3. The summed E-state index contributed by atoms with van der Waals surface area (Å²) < 4.78 is 34.2. The zero-order chi connectivity index (χ0) is 57.2. The molecule has 6 atom stereocenters. The highest BCUT2D eigenvalue weighted by atomic mass is 16.6. The highest BCUT2D eigenvalue weighted by Gasteiger charge is 2.46. The number of ether oxygens (including phenoxy) is 6. The summed E-state index contributed by atoms with van der Waals surface area (Å²) in [7, 11) is 2.75. The predicted molar refractivity (Wildman–Crippen MR) is 288 cm³/mol. The summed E-state index contributed by atoms with van der Waals surface area (Å²) in [5.41, 5.74) is 2.20. The summed E-state index contributed by atoms with van der Waals surface area (Å²) in [5, 5.41) is 41.5. The number of hydrogen-bond acceptors (Lipinski definition) is 15. The second-order valence-corrected chi connectivity index (χ2v) is 19.0. The van der Waals surface area contributed by atoms with Gasteiger partial charge in [-0.15, -0.1) is 0 Å². The molecule has 6 N–H and O–H groups in total. The molecule has 7 amide bonds. The van der Waals surface area contributed by atoms with Crippen molar-refractivity contribution in [2.24, 2.45) is 5.92 Å². The lowest BCUT2D eigenvalue weighted by Crippen LogP contribution is -2.53. The van der Waals surface area contributed by atoms with Gasteiger partial charge in [0.2, 0.25) is 11.8 Å². The molecule has 23 heteroatoms. The number of methoxy groups -OCH3 is 2. The van der Waals surface area contributed by atoms with Crippen molar-refractivity contribution in [3.63, 3.8) is 0 Å². The Labute approximate surface area is 456 Å². The number of carbonyl (C=O) groups excluding carboxylic acids is 6. The molecule has 0 spiro atoms. The molecule has 0 aliphatic carbocycles. The molecule has 7 rings (SSSR count). The fourth-order valence-electron chi connectivity index (χ4n) is 9.37. The van der Waals surface area contributed by atoms with E-state index in [4.69, 9.17) is 28.4 Å². The van der Waals surface area contributed by atoms with Crippen LogP contribution in [0.1, 0.15) is 67.3 Å². The van der Waals surface area contributed by atoms with Crippen molar-refractivity contribution in [2.45, 2.75) is 84.3 Å². The fraction of sp³-hybridized carbons (Fsp3) is 0.375. The predicted octanol–water partition coefficient (Wildman–Crippen LogP) is 5.88. The van der Waals surface area contributed by atoms with Crippen LogP contribution in [0.2, 0.25) is 0 Å². The molecule has 2 unspecified atom stereocenters. The molecule has 79 heavy (non-hydrogen) atoms. The Kier molecular flexibility index (Phi) is 18.7. The van der Waals surface area contributed by atoms with Crippen LogP contribution in [0.15, 0.2) is 109 Å². The van der Waals surface area contributed by atoms with E-state index in [0.717, 1.165) is 20.9 Å². The average Bonchev–Trinajstić information content (AvgIpc) is 4.28. The van der Waals surface area contributed by atoms with Gasteiger partial charge in [0.15, 0.2) is 35.5 Å². The van der Waals surface area contributed by atoms with Crippen molar-refractivity contribution < 1.29 is 77.3 Å². The zero-order valence-electron chi connectivity index (χ0n) is 44.8. The highest BCUT2D eigenvalue weighted by Crippen LogP contribution is 2.43. The minimum absolute atomic E-state index is 0.00997. The number of carboxylic acid groups (broad SMARTS) is 1. The van der Waals surface area contributed by atoms with Gasteiger partial charge in [-0.05, 0) is 67.7 Å². The van der Waals surface area contributed by atoms with Crippen molar-refractivity contribution in [3.8, 4) is 23.0 Å². The minimum atomic E-state index is -1.64. The molecule has 23 nitrogen and oxygen atoms in total. The number of aliphatic hydroxyl groups excluding tert-OH is 2. The van der Waals surface area contributed by atoms with E-state index in [2.05, 4.69) is 22.5 Å². The van der Waals surface area contributed by atoms with E-state index in [9.17, 15) is 48.9 Å². The first-order valence-electron chi connectivity index (χ1n) is 25.4. The Bertz CT molecular complexity index is 2970. The van der Waals surface area contributed by atoms with E-state index in [1.807, 2.05) is 13.8 Å². The van der Waals surface area contributed by atoms with Gasteiger partial charge in [0.25, 0.3) is 11.8 Å². The molecule has 0 radical (unpaired) electrons. The lowest BCUT2D eigenvalue weighted by molar-refractivity contribution is -0.128. The van der Waals surface area contributed by atoms with E-state index < -0.39 is 78.5 Å². The Balaban J connectivity index is 1.04. The van der Waals surface area contributed by atoms with Crippen molar-refractivity contribution >= 4 is 59.0 Å². The Morgan fingerprint density at radius 2 is 1.24 bits per heavy atom. The molecule has 4 aliphatic rings. The molecule has 0 saturated heterocycles. The van der Waals surface area contributed by atoms with Crippen LogP contribution in [0.25, 0.3) is 0 Å². The minimum Gasteiger partial charge on any atom is -0.493 e. The van der Waals surface area contributed by atoms with Crippen LogP contribution in [0.3, 0.4) is 0 Å². The summed E-state index contributed by atoms with van der Waals surface area (Å²) in [6.45, 7) is 11.9. The number of anilines is 3. The van der Waals surface area contributed by atoms with Gasteiger partial charge >= 0.3 is 18.3 Å². The Morgan fingerprint density at radius 1 is 0.722 bits per heavy atom. The quantitative estimate of drug-likeness (QED) is 0.0569. The number of fused-ring (bicyclic) bond motifs is 4. The zero-order valence-corrected chi connectivity index (χ0v) is 44.8. The molecule has 0 fully saturated rings. The van der Waals surface area contributed by atoms with Crippen molar-refractivity contribution in [1.29, 1.82) is 0 Å². The highest BCUT2D eigenvalue weighted by molar-refractivity contribution is 6.07. The lowest BCUT2D eigenvalue weighted by Gasteiger charge is -2.31. The summed E-state index contributed by atoms with van der Waals surface area (Å²) in [5.74, 6) is -2.03. The van der Waals surface area contributed by atoms with Gasteiger partial charge in [-0.3, -0.25) is 19.2 Å². The van der Waals surface area contributed by atoms with Crippen LogP contribution in [0.4, 0.5) is 31.4 Å². The number of amides is 7. The van der Waals surface area contributed by atoms with Gasteiger partial charge in [0.1, 0.15) is 25.3 Å². The third-order valence-electron chi connectivity index (χ3n) is 13.3. The van der Waals surface area contributed by atoms with E-state index in [1.165, 1.54) is 61.3 Å². The first-order valence-corrected chi connectivity index (χ1v) is 25.4. The fourth-order valence-corrected chi connectivity index (χ4v) is 9.37. The number of nitrogens with zero attached hydrogens (tertiary/aromatic N) is 4. The van der Waals surface area contributed by atoms with E-state index in [1.54, 1.807) is 74.6 Å². The molecule has 0 saturated carbocycles. The van der Waals surface area contributed by atoms with Gasteiger partial charge < -0.3 is 69.5 Å². The Hall–Kier alpha value is -8.83. The number of allylic oxidation sites excluding steroid dienone is 2. The summed E-state index contributed by atoms with van der Waals surface area (Å²) in [6, 6.07) is 7.93. The molecule has 3 aromatic rings. The largest absolute Gasteiger partial charge is 0.493 e. The first-order chi connectivity index (χ1) is 37.8. The smallest absolute Gasteiger partial charge is 0.416 e. The molecule has 0 aromatic heterocycles. The van der Waals surface area contributed by atoms with Gasteiger partial charge in [-0.25, -0.2) is 24.2 Å². The van der Waals surface area contributed by atoms with Crippen molar-refractivity contribution in [3.05, 3.63) is 125 Å². The number of rotatable bonds is 20. The third kappa shape index (κ3) is 12.8. The van der Waals surface area contributed by atoms with E-state index in [-0.39, 0.29) is 97.4 Å². The van der Waals surface area contributed by atoms with Crippen molar-refractivity contribution in [2.75, 3.05) is 62.2 Å². The summed E-state index contributed by atoms with van der Waals surface area (Å²) in [4.78, 5) is 98.0. The van der Waals surface area contributed by atoms with Crippen LogP contribution >= 0.6 is 0 Å². The van der Waals surface area contributed by atoms with Crippen LogP contribution in [0.5, 0.6) is 23.0 Å². The molecule has 3 aromatic carbocycles. The van der Waals surface area contributed by atoms with Crippen LogP contribution < -0.4 is 44.7 Å². The van der Waals surface area contributed by atoms with Gasteiger partial charge in [-0.1, -0.05) is 75.1 Å². The molecular weight excluding hydrogens is 1030 g/mol. The summed E-state index contributed by atoms with van der Waals surface area (Å²) in [6.07, 6.45) is 5.53. The van der Waals surface area contributed by atoms with Crippen molar-refractivity contribution in [1.82, 2.24) is 20.4 Å². The molecule has 420 valence electrons. The number of benzene rings is 3. The Morgan fingerprint density at radius 3 is 1.72 bits per heavy atom. The molecule has 0 bridgehead atoms. The average molecular weight is 1090 g/mol. The number of aliphatic hydroxyl groups is 2. The second kappa shape index (κ2) is 25.5. The lowest BCUT2D eigenvalue weighted by atomic mass is 10.0. The monoisotopic (exact) mass is 1090 g/mol. The van der Waals surface area contributed by atoms with E-state index >= 15 is 0 Å². The second-order valence-electron chi connectivity index (χ2n) is 19.0. The maximum absolute atomic E-state index is 14.4. The SMILES string of the molecule is C=CCOC(=O)N[C@H](C(=O)N[C@@H](C)C(=O)Nc1ccc(COC(=O)N2c3cc(OCCCOc4cc5c(cc4OC)C(=O)N4CC(/C=C/C)=CC4C(O)N5C(=O)O)c(OC)cc3C(=O)N3CC(/C=C/C)=C[C@H]3[C@@H]2O)cc1)C(C)C.